The van der Waals surface area contributed by atoms with E-state index in [0.29, 0.717) is 28.1 Å². The first-order valence-electron chi connectivity index (χ1n) is 10.7. The lowest BCUT2D eigenvalue weighted by atomic mass is 9.95. The predicted molar refractivity (Wildman–Crippen MR) is 126 cm³/mol. The second-order valence-corrected chi connectivity index (χ2v) is 8.12. The van der Waals surface area contributed by atoms with Gasteiger partial charge in [0.25, 0.3) is 11.7 Å². The summed E-state index contributed by atoms with van der Waals surface area (Å²) >= 11 is 0. The van der Waals surface area contributed by atoms with Crippen molar-refractivity contribution in [3.8, 4) is 17.6 Å². The predicted octanol–water partition coefficient (Wildman–Crippen LogP) is 4.68. The number of amides is 1. The first-order valence-corrected chi connectivity index (χ1v) is 10.7. The summed E-state index contributed by atoms with van der Waals surface area (Å²) in [6, 6.07) is 20.1. The van der Waals surface area contributed by atoms with Crippen LogP contribution in [0.4, 0.5) is 5.69 Å². The van der Waals surface area contributed by atoms with Crippen LogP contribution in [0.2, 0.25) is 0 Å². The molecular formula is C27H22N2O5. The number of rotatable bonds is 5. The highest BCUT2D eigenvalue weighted by Gasteiger charge is 2.47. The van der Waals surface area contributed by atoms with Crippen LogP contribution in [0, 0.1) is 11.3 Å². The maximum atomic E-state index is 13.2. The number of phenolic OH excluding ortho intramolecular Hbond substituents is 1. The van der Waals surface area contributed by atoms with Gasteiger partial charge in [0.1, 0.15) is 17.3 Å². The Balaban J connectivity index is 1.90. The van der Waals surface area contributed by atoms with Crippen molar-refractivity contribution in [1.82, 2.24) is 0 Å². The van der Waals surface area contributed by atoms with Crippen molar-refractivity contribution in [3.63, 3.8) is 0 Å². The average Bonchev–Trinajstić information content (AvgIpc) is 3.09. The molecule has 170 valence electrons. The minimum atomic E-state index is -0.991. The summed E-state index contributed by atoms with van der Waals surface area (Å²) in [5, 5.41) is 30.4. The summed E-state index contributed by atoms with van der Waals surface area (Å²) in [5.74, 6) is -1.57. The maximum Gasteiger partial charge on any atom is 0.300 e. The number of nitriles is 1. The molecule has 0 aromatic heterocycles. The minimum absolute atomic E-state index is 0.0461. The number of ketones is 1. The fraction of sp³-hybridized carbons (Fsp3) is 0.148. The van der Waals surface area contributed by atoms with E-state index >= 15 is 0 Å². The molecule has 3 aromatic rings. The van der Waals surface area contributed by atoms with Crippen molar-refractivity contribution >= 4 is 23.1 Å². The van der Waals surface area contributed by atoms with Gasteiger partial charge in [-0.15, -0.1) is 0 Å². The number of anilines is 1. The summed E-state index contributed by atoms with van der Waals surface area (Å²) in [4.78, 5) is 27.6. The van der Waals surface area contributed by atoms with E-state index in [4.69, 9.17) is 10.00 Å². The van der Waals surface area contributed by atoms with E-state index in [9.17, 15) is 19.8 Å². The monoisotopic (exact) mass is 454 g/mol. The quantitative estimate of drug-likeness (QED) is 0.329. The third-order valence-corrected chi connectivity index (χ3v) is 5.38. The molecule has 0 radical (unpaired) electrons. The summed E-state index contributed by atoms with van der Waals surface area (Å²) < 4.78 is 5.70. The minimum Gasteiger partial charge on any atom is -0.508 e. The molecule has 1 heterocycles. The van der Waals surface area contributed by atoms with Crippen molar-refractivity contribution in [2.75, 3.05) is 4.90 Å². The van der Waals surface area contributed by atoms with E-state index in [2.05, 4.69) is 0 Å². The zero-order valence-corrected chi connectivity index (χ0v) is 18.6. The fourth-order valence-corrected chi connectivity index (χ4v) is 3.95. The molecule has 4 rings (SSSR count). The number of nitrogens with zero attached hydrogens (tertiary/aromatic N) is 2. The van der Waals surface area contributed by atoms with E-state index < -0.39 is 17.7 Å². The number of ether oxygens (including phenoxy) is 1. The van der Waals surface area contributed by atoms with Gasteiger partial charge in [0.15, 0.2) is 0 Å². The van der Waals surface area contributed by atoms with Crippen LogP contribution in [0.25, 0.3) is 5.76 Å². The van der Waals surface area contributed by atoms with E-state index in [0.717, 1.165) is 0 Å². The van der Waals surface area contributed by atoms with Crippen LogP contribution in [-0.4, -0.2) is 28.0 Å². The van der Waals surface area contributed by atoms with Crippen LogP contribution >= 0.6 is 0 Å². The molecule has 0 spiro atoms. The Labute approximate surface area is 196 Å². The van der Waals surface area contributed by atoms with Gasteiger partial charge in [-0.1, -0.05) is 24.3 Å². The van der Waals surface area contributed by atoms with Gasteiger partial charge in [-0.25, -0.2) is 0 Å². The number of aliphatic hydroxyl groups is 1. The largest absolute Gasteiger partial charge is 0.508 e. The molecule has 34 heavy (non-hydrogen) atoms. The standard InChI is InChI=1S/C27H22N2O5/c1-16(2)34-22-8-4-6-19(14-22)25(31)23-24(18-5-3-7-21(30)13-18)29(27(33)26(23)32)20-11-9-17(15-28)10-12-20/h3-14,16,24,30-31H,1-2H3/b25-23-. The lowest BCUT2D eigenvalue weighted by Crippen LogP contribution is -2.29. The highest BCUT2D eigenvalue weighted by Crippen LogP contribution is 2.43. The van der Waals surface area contributed by atoms with Crippen molar-refractivity contribution in [3.05, 3.63) is 95.1 Å². The van der Waals surface area contributed by atoms with Crippen molar-refractivity contribution in [1.29, 1.82) is 5.26 Å². The first-order chi connectivity index (χ1) is 16.3. The van der Waals surface area contributed by atoms with Crippen LogP contribution < -0.4 is 9.64 Å². The average molecular weight is 454 g/mol. The van der Waals surface area contributed by atoms with Crippen LogP contribution in [-0.2, 0) is 9.59 Å². The first kappa shape index (κ1) is 22.6. The van der Waals surface area contributed by atoms with Crippen molar-refractivity contribution < 1.29 is 24.5 Å². The van der Waals surface area contributed by atoms with E-state index in [1.54, 1.807) is 60.7 Å². The maximum absolute atomic E-state index is 13.2. The molecule has 1 saturated heterocycles. The van der Waals surface area contributed by atoms with Gasteiger partial charge in [0.05, 0.1) is 29.4 Å². The summed E-state index contributed by atoms with van der Waals surface area (Å²) in [5.41, 5.74) is 1.43. The van der Waals surface area contributed by atoms with E-state index in [1.165, 1.54) is 17.0 Å². The zero-order valence-electron chi connectivity index (χ0n) is 18.6. The van der Waals surface area contributed by atoms with Gasteiger partial charge >= 0.3 is 0 Å². The lowest BCUT2D eigenvalue weighted by Gasteiger charge is -2.25. The highest BCUT2D eigenvalue weighted by molar-refractivity contribution is 6.51. The van der Waals surface area contributed by atoms with Gasteiger partial charge in [-0.3, -0.25) is 14.5 Å². The molecule has 7 nitrogen and oxygen atoms in total. The van der Waals surface area contributed by atoms with Gasteiger partial charge < -0.3 is 14.9 Å². The van der Waals surface area contributed by atoms with Gasteiger partial charge in [0, 0.05) is 11.3 Å². The summed E-state index contributed by atoms with van der Waals surface area (Å²) in [6.45, 7) is 3.75. The Kier molecular flexibility index (Phi) is 6.07. The third kappa shape index (κ3) is 4.21. The van der Waals surface area contributed by atoms with Gasteiger partial charge in [0.2, 0.25) is 0 Å². The lowest BCUT2D eigenvalue weighted by molar-refractivity contribution is -0.132. The van der Waals surface area contributed by atoms with Crippen LogP contribution in [0.15, 0.2) is 78.4 Å². The number of carbonyl (C=O) groups is 2. The molecule has 0 saturated carbocycles. The number of carbonyl (C=O) groups excluding carboxylic acids is 2. The molecule has 1 aliphatic heterocycles. The molecule has 3 aromatic carbocycles. The molecule has 1 atom stereocenters. The second-order valence-electron chi connectivity index (χ2n) is 8.12. The summed E-state index contributed by atoms with van der Waals surface area (Å²) in [6.07, 6.45) is -0.0911. The third-order valence-electron chi connectivity index (χ3n) is 5.38. The van der Waals surface area contributed by atoms with Crippen LogP contribution in [0.5, 0.6) is 11.5 Å². The molecule has 0 bridgehead atoms. The number of benzene rings is 3. The number of Topliss-reactive ketones (excluding diaryl/α,β-unsaturated/α-hetero) is 1. The second kappa shape index (κ2) is 9.12. The Morgan fingerprint density at radius 2 is 1.74 bits per heavy atom. The molecule has 1 fully saturated rings. The number of hydrogen-bond acceptors (Lipinski definition) is 6. The Morgan fingerprint density at radius 3 is 2.38 bits per heavy atom. The zero-order chi connectivity index (χ0) is 24.4. The normalized spacial score (nSPS) is 17.1. The molecule has 1 amide bonds. The Bertz CT molecular complexity index is 1340. The van der Waals surface area contributed by atoms with Crippen LogP contribution in [0.3, 0.4) is 0 Å². The van der Waals surface area contributed by atoms with Crippen molar-refractivity contribution in [2.45, 2.75) is 26.0 Å². The highest BCUT2D eigenvalue weighted by atomic mass is 16.5. The fourth-order valence-electron chi connectivity index (χ4n) is 3.95. The summed E-state index contributed by atoms with van der Waals surface area (Å²) in [7, 11) is 0. The molecule has 2 N–H and O–H groups in total. The number of aromatic hydroxyl groups is 1. The number of aliphatic hydroxyl groups excluding tert-OH is 1. The molecule has 7 heteroatoms. The molecule has 0 aliphatic carbocycles. The number of hydrogen-bond donors (Lipinski definition) is 2. The van der Waals surface area contributed by atoms with Gasteiger partial charge in [-0.2, -0.15) is 5.26 Å². The molecule has 1 aliphatic rings. The smallest absolute Gasteiger partial charge is 0.300 e. The van der Waals surface area contributed by atoms with E-state index in [1.807, 2.05) is 19.9 Å². The van der Waals surface area contributed by atoms with Crippen molar-refractivity contribution in [2.24, 2.45) is 0 Å². The topological polar surface area (TPSA) is 111 Å². The number of phenols is 1. The molecule has 1 unspecified atom stereocenters. The van der Waals surface area contributed by atoms with Crippen LogP contribution in [0.1, 0.15) is 36.6 Å². The Hall–Kier alpha value is -4.57. The SMILES string of the molecule is CC(C)Oc1cccc(/C(O)=C2/C(=O)C(=O)N(c3ccc(C#N)cc3)C2c2cccc(O)c2)c1. The molecular weight excluding hydrogens is 432 g/mol. The van der Waals surface area contributed by atoms with E-state index in [-0.39, 0.29) is 23.2 Å². The van der Waals surface area contributed by atoms with Gasteiger partial charge in [-0.05, 0) is 67.9 Å². The Morgan fingerprint density at radius 1 is 1.03 bits per heavy atom.